The largest absolute Gasteiger partial charge is 0.465 e. The van der Waals surface area contributed by atoms with Gasteiger partial charge in [-0.3, -0.25) is 4.79 Å². The fourth-order valence-electron chi connectivity index (χ4n) is 1.53. The number of rotatable bonds is 3. The van der Waals surface area contributed by atoms with Gasteiger partial charge in [0.1, 0.15) is 6.42 Å². The molecule has 0 heterocycles. The highest BCUT2D eigenvalue weighted by atomic mass is 16.5. The van der Waals surface area contributed by atoms with E-state index in [2.05, 4.69) is 10.1 Å². The monoisotopic (exact) mass is 246 g/mol. The molecule has 1 amide bonds. The van der Waals surface area contributed by atoms with Crippen LogP contribution in [0, 0.1) is 25.2 Å². The molecule has 1 N–H and O–H groups in total. The lowest BCUT2D eigenvalue weighted by Crippen LogP contribution is -2.12. The maximum Gasteiger partial charge on any atom is 0.338 e. The zero-order chi connectivity index (χ0) is 13.7. The Labute approximate surface area is 105 Å². The molecule has 0 aliphatic carbocycles. The van der Waals surface area contributed by atoms with Crippen LogP contribution in [0.1, 0.15) is 27.9 Å². The van der Waals surface area contributed by atoms with Crippen molar-refractivity contribution in [1.82, 2.24) is 0 Å². The third-order valence-electron chi connectivity index (χ3n) is 2.60. The van der Waals surface area contributed by atoms with Gasteiger partial charge in [0.05, 0.1) is 18.7 Å². The summed E-state index contributed by atoms with van der Waals surface area (Å²) in [5.74, 6) is -0.858. The Hall–Kier alpha value is -2.35. The summed E-state index contributed by atoms with van der Waals surface area (Å²) in [5, 5.41) is 11.0. The number of hydrogen-bond donors (Lipinski definition) is 1. The number of carbonyl (C=O) groups is 2. The maximum atomic E-state index is 11.6. The molecule has 5 nitrogen and oxygen atoms in total. The number of esters is 1. The quantitative estimate of drug-likeness (QED) is 0.826. The number of ether oxygens (including phenoxy) is 1. The van der Waals surface area contributed by atoms with Gasteiger partial charge >= 0.3 is 5.97 Å². The molecule has 5 heteroatoms. The van der Waals surface area contributed by atoms with Crippen LogP contribution in [-0.4, -0.2) is 19.0 Å². The summed E-state index contributed by atoms with van der Waals surface area (Å²) < 4.78 is 4.68. The lowest BCUT2D eigenvalue weighted by atomic mass is 10.0. The lowest BCUT2D eigenvalue weighted by molar-refractivity contribution is -0.115. The molecule has 94 valence electrons. The molecule has 0 aromatic heterocycles. The van der Waals surface area contributed by atoms with Crippen molar-refractivity contribution in [2.75, 3.05) is 12.4 Å². The number of amides is 1. The van der Waals surface area contributed by atoms with Crippen molar-refractivity contribution in [1.29, 1.82) is 5.26 Å². The number of anilines is 1. The minimum absolute atomic E-state index is 0.222. The Morgan fingerprint density at radius 1 is 1.39 bits per heavy atom. The Morgan fingerprint density at radius 2 is 2.06 bits per heavy atom. The van der Waals surface area contributed by atoms with Gasteiger partial charge in [0.15, 0.2) is 0 Å². The van der Waals surface area contributed by atoms with Gasteiger partial charge in [-0.1, -0.05) is 0 Å². The summed E-state index contributed by atoms with van der Waals surface area (Å²) in [6, 6.07) is 5.05. The summed E-state index contributed by atoms with van der Waals surface area (Å²) in [6.07, 6.45) is -0.222. The first-order valence-electron chi connectivity index (χ1n) is 5.36. The smallest absolute Gasteiger partial charge is 0.338 e. The van der Waals surface area contributed by atoms with E-state index in [1.165, 1.54) is 7.11 Å². The first-order chi connectivity index (χ1) is 8.49. The highest BCUT2D eigenvalue weighted by Gasteiger charge is 2.13. The van der Waals surface area contributed by atoms with E-state index in [1.54, 1.807) is 18.2 Å². The summed E-state index contributed by atoms with van der Waals surface area (Å²) in [6.45, 7) is 3.64. The first kappa shape index (κ1) is 13.7. The van der Waals surface area contributed by atoms with Crippen LogP contribution in [0.2, 0.25) is 0 Å². The number of methoxy groups -OCH3 is 1. The van der Waals surface area contributed by atoms with Crippen molar-refractivity contribution in [2.24, 2.45) is 0 Å². The van der Waals surface area contributed by atoms with E-state index in [9.17, 15) is 9.59 Å². The second-order valence-electron chi connectivity index (χ2n) is 3.84. The highest BCUT2D eigenvalue weighted by molar-refractivity contribution is 5.96. The lowest BCUT2D eigenvalue weighted by Gasteiger charge is -2.11. The van der Waals surface area contributed by atoms with Crippen LogP contribution in [0.25, 0.3) is 0 Å². The zero-order valence-electron chi connectivity index (χ0n) is 10.5. The number of nitrogens with one attached hydrogen (secondary N) is 1. The molecule has 0 saturated carbocycles. The molecule has 1 aromatic rings. The van der Waals surface area contributed by atoms with Gasteiger partial charge in [-0.2, -0.15) is 5.26 Å². The number of nitrogens with zero attached hydrogens (tertiary/aromatic N) is 1. The summed E-state index contributed by atoms with van der Waals surface area (Å²) in [4.78, 5) is 22.9. The highest BCUT2D eigenvalue weighted by Crippen LogP contribution is 2.20. The van der Waals surface area contributed by atoms with Crippen LogP contribution in [0.15, 0.2) is 12.1 Å². The molecule has 1 aromatic carbocycles. The predicted molar refractivity (Wildman–Crippen MR) is 66.1 cm³/mol. The topological polar surface area (TPSA) is 79.2 Å². The van der Waals surface area contributed by atoms with Crippen LogP contribution in [-0.2, 0) is 9.53 Å². The van der Waals surface area contributed by atoms with Gasteiger partial charge in [0, 0.05) is 5.69 Å². The van der Waals surface area contributed by atoms with Crippen LogP contribution >= 0.6 is 0 Å². The molecule has 0 unspecified atom stereocenters. The van der Waals surface area contributed by atoms with Crippen molar-refractivity contribution in [3.8, 4) is 6.07 Å². The average Bonchev–Trinajstić information content (AvgIpc) is 2.32. The van der Waals surface area contributed by atoms with Crippen molar-refractivity contribution >= 4 is 17.6 Å². The summed E-state index contributed by atoms with van der Waals surface area (Å²) >= 11 is 0. The molecule has 0 radical (unpaired) electrons. The van der Waals surface area contributed by atoms with Crippen LogP contribution in [0.3, 0.4) is 0 Å². The van der Waals surface area contributed by atoms with E-state index in [-0.39, 0.29) is 6.42 Å². The fourth-order valence-corrected chi connectivity index (χ4v) is 1.53. The normalized spacial score (nSPS) is 9.44. The van der Waals surface area contributed by atoms with Gasteiger partial charge in [-0.15, -0.1) is 0 Å². The molecule has 1 rings (SSSR count). The molecule has 0 aliphatic heterocycles. The Kier molecular flexibility index (Phi) is 4.44. The van der Waals surface area contributed by atoms with E-state index in [0.29, 0.717) is 11.3 Å². The summed E-state index contributed by atoms with van der Waals surface area (Å²) in [5.41, 5.74) is 2.56. The summed E-state index contributed by atoms with van der Waals surface area (Å²) in [7, 11) is 1.30. The Bertz CT molecular complexity index is 530. The minimum atomic E-state index is -0.452. The van der Waals surface area contributed by atoms with E-state index < -0.39 is 11.9 Å². The molecule has 0 aliphatic rings. The van der Waals surface area contributed by atoms with E-state index >= 15 is 0 Å². The second kappa shape index (κ2) is 5.82. The SMILES string of the molecule is COC(=O)c1cc(NC(=O)CC#N)cc(C)c1C. The first-order valence-corrected chi connectivity index (χ1v) is 5.36. The van der Waals surface area contributed by atoms with Gasteiger partial charge in [0.25, 0.3) is 0 Å². The number of hydrogen-bond acceptors (Lipinski definition) is 4. The predicted octanol–water partition coefficient (Wildman–Crippen LogP) is 1.94. The minimum Gasteiger partial charge on any atom is -0.465 e. The molecule has 0 fully saturated rings. The second-order valence-corrected chi connectivity index (χ2v) is 3.84. The molecular weight excluding hydrogens is 232 g/mol. The number of carbonyl (C=O) groups excluding carboxylic acids is 2. The molecule has 0 spiro atoms. The van der Waals surface area contributed by atoms with Crippen LogP contribution in [0.5, 0.6) is 0 Å². The Balaban J connectivity index is 3.09. The van der Waals surface area contributed by atoms with Gasteiger partial charge in [0.2, 0.25) is 5.91 Å². The standard InChI is InChI=1S/C13H14N2O3/c1-8-6-10(15-12(16)4-5-14)7-11(9(8)2)13(17)18-3/h6-7H,4H2,1-3H3,(H,15,16). The molecule has 0 saturated heterocycles. The van der Waals surface area contributed by atoms with Gasteiger partial charge < -0.3 is 10.1 Å². The van der Waals surface area contributed by atoms with E-state index in [4.69, 9.17) is 5.26 Å². The number of aryl methyl sites for hydroxylation is 1. The van der Waals surface area contributed by atoms with E-state index in [0.717, 1.165) is 11.1 Å². The van der Waals surface area contributed by atoms with Gasteiger partial charge in [-0.25, -0.2) is 4.79 Å². The molecule has 0 atom stereocenters. The number of nitriles is 1. The molecular formula is C13H14N2O3. The zero-order valence-corrected chi connectivity index (χ0v) is 10.5. The van der Waals surface area contributed by atoms with Crippen molar-refractivity contribution in [3.63, 3.8) is 0 Å². The van der Waals surface area contributed by atoms with Crippen molar-refractivity contribution in [3.05, 3.63) is 28.8 Å². The molecule has 0 bridgehead atoms. The third kappa shape index (κ3) is 3.08. The van der Waals surface area contributed by atoms with Crippen LogP contribution < -0.4 is 5.32 Å². The maximum absolute atomic E-state index is 11.6. The number of benzene rings is 1. The van der Waals surface area contributed by atoms with Crippen molar-refractivity contribution < 1.29 is 14.3 Å². The Morgan fingerprint density at radius 3 is 2.61 bits per heavy atom. The van der Waals surface area contributed by atoms with E-state index in [1.807, 2.05) is 13.8 Å². The molecule has 18 heavy (non-hydrogen) atoms. The average molecular weight is 246 g/mol. The van der Waals surface area contributed by atoms with Crippen LogP contribution in [0.4, 0.5) is 5.69 Å². The third-order valence-corrected chi connectivity index (χ3v) is 2.60. The fraction of sp³-hybridized carbons (Fsp3) is 0.308. The van der Waals surface area contributed by atoms with Gasteiger partial charge in [-0.05, 0) is 37.1 Å². The van der Waals surface area contributed by atoms with Crippen molar-refractivity contribution in [2.45, 2.75) is 20.3 Å².